The number of hydrogen-bond donors (Lipinski definition) is 1. The second kappa shape index (κ2) is 6.10. The minimum Gasteiger partial charge on any atom is -0.478 e. The van der Waals surface area contributed by atoms with Gasteiger partial charge in [-0.3, -0.25) is 4.79 Å². The van der Waals surface area contributed by atoms with Crippen LogP contribution < -0.4 is 5.56 Å². The second-order valence-corrected chi connectivity index (χ2v) is 3.82. The fraction of sp³-hybridized carbons (Fsp3) is 0.500. The number of carbonyl (C=O) groups is 1. The molecule has 0 saturated heterocycles. The van der Waals surface area contributed by atoms with Gasteiger partial charge in [0, 0.05) is 18.8 Å². The Labute approximate surface area is 94.5 Å². The Morgan fingerprint density at radius 1 is 1.31 bits per heavy atom. The predicted octanol–water partition coefficient (Wildman–Crippen LogP) is 2.13. The Kier molecular flexibility index (Phi) is 4.76. The molecule has 1 heterocycles. The molecular weight excluding hydrogens is 206 g/mol. The van der Waals surface area contributed by atoms with Crippen LogP contribution >= 0.6 is 0 Å². The average Bonchev–Trinajstić information content (AvgIpc) is 2.26. The van der Waals surface area contributed by atoms with E-state index in [9.17, 15) is 9.59 Å². The van der Waals surface area contributed by atoms with Gasteiger partial charge in [0.2, 0.25) is 0 Å². The Bertz CT molecular complexity index is 409. The zero-order chi connectivity index (χ0) is 12.0. The van der Waals surface area contributed by atoms with Gasteiger partial charge in [0.25, 0.3) is 5.56 Å². The smallest absolute Gasteiger partial charge is 0.337 e. The number of pyridine rings is 1. The van der Waals surface area contributed by atoms with E-state index in [4.69, 9.17) is 5.11 Å². The number of carboxylic acids is 1. The topological polar surface area (TPSA) is 59.3 Å². The number of hydrogen-bond acceptors (Lipinski definition) is 2. The molecular formula is C12H17NO3. The molecule has 4 heteroatoms. The summed E-state index contributed by atoms with van der Waals surface area (Å²) in [6, 6.07) is 2.65. The molecule has 0 bridgehead atoms. The first-order chi connectivity index (χ1) is 7.65. The standard InChI is InChI=1S/C12H17NO3/c1-2-3-4-5-8-13-9-10(12(15)16)6-7-11(13)14/h6-7,9H,2-5,8H2,1H3,(H,15,16). The van der Waals surface area contributed by atoms with Crippen LogP contribution in [0.4, 0.5) is 0 Å². The Morgan fingerprint density at radius 3 is 2.69 bits per heavy atom. The molecule has 0 atom stereocenters. The maximum Gasteiger partial charge on any atom is 0.337 e. The summed E-state index contributed by atoms with van der Waals surface area (Å²) < 4.78 is 1.47. The number of rotatable bonds is 6. The summed E-state index contributed by atoms with van der Waals surface area (Å²) in [4.78, 5) is 22.2. The number of nitrogens with zero attached hydrogens (tertiary/aromatic N) is 1. The van der Waals surface area contributed by atoms with Gasteiger partial charge in [0.1, 0.15) is 0 Å². The first-order valence-electron chi connectivity index (χ1n) is 5.59. The second-order valence-electron chi connectivity index (χ2n) is 3.82. The molecule has 1 N–H and O–H groups in total. The Balaban J connectivity index is 2.67. The third kappa shape index (κ3) is 3.53. The molecule has 0 aliphatic rings. The third-order valence-corrected chi connectivity index (χ3v) is 2.48. The number of aromatic carboxylic acids is 1. The summed E-state index contributed by atoms with van der Waals surface area (Å²) in [5.74, 6) is -0.998. The molecule has 0 saturated carbocycles. The molecule has 0 aliphatic heterocycles. The summed E-state index contributed by atoms with van der Waals surface area (Å²) in [6.07, 6.45) is 5.69. The van der Waals surface area contributed by atoms with Gasteiger partial charge < -0.3 is 9.67 Å². The van der Waals surface area contributed by atoms with E-state index in [1.165, 1.54) is 22.9 Å². The van der Waals surface area contributed by atoms with Gasteiger partial charge >= 0.3 is 5.97 Å². The van der Waals surface area contributed by atoms with E-state index in [0.29, 0.717) is 6.54 Å². The van der Waals surface area contributed by atoms with Crippen LogP contribution in [-0.4, -0.2) is 15.6 Å². The average molecular weight is 223 g/mol. The summed E-state index contributed by atoms with van der Waals surface area (Å²) in [5, 5.41) is 8.79. The minimum atomic E-state index is -0.998. The monoisotopic (exact) mass is 223 g/mol. The van der Waals surface area contributed by atoms with Crippen molar-refractivity contribution in [3.8, 4) is 0 Å². The molecule has 4 nitrogen and oxygen atoms in total. The first-order valence-corrected chi connectivity index (χ1v) is 5.59. The lowest BCUT2D eigenvalue weighted by atomic mass is 10.2. The quantitative estimate of drug-likeness (QED) is 0.751. The molecule has 0 fully saturated rings. The first kappa shape index (κ1) is 12.5. The molecule has 0 radical (unpaired) electrons. The maximum atomic E-state index is 11.4. The molecule has 88 valence electrons. The van der Waals surface area contributed by atoms with Crippen LogP contribution in [0.15, 0.2) is 23.1 Å². The summed E-state index contributed by atoms with van der Waals surface area (Å²) in [7, 11) is 0. The van der Waals surface area contributed by atoms with Gasteiger partial charge in [-0.2, -0.15) is 0 Å². The minimum absolute atomic E-state index is 0.138. The van der Waals surface area contributed by atoms with Crippen LogP contribution in [-0.2, 0) is 6.54 Å². The fourth-order valence-corrected chi connectivity index (χ4v) is 1.54. The molecule has 16 heavy (non-hydrogen) atoms. The van der Waals surface area contributed by atoms with Gasteiger partial charge in [-0.05, 0) is 12.5 Å². The van der Waals surface area contributed by atoms with Crippen LogP contribution in [0.2, 0.25) is 0 Å². The van der Waals surface area contributed by atoms with Crippen LogP contribution in [0.5, 0.6) is 0 Å². The maximum absolute atomic E-state index is 11.4. The lowest BCUT2D eigenvalue weighted by molar-refractivity contribution is 0.0696. The van der Waals surface area contributed by atoms with Crippen molar-refractivity contribution in [3.05, 3.63) is 34.2 Å². The highest BCUT2D eigenvalue weighted by molar-refractivity contribution is 5.87. The van der Waals surface area contributed by atoms with Crippen LogP contribution in [0.1, 0.15) is 43.0 Å². The van der Waals surface area contributed by atoms with Crippen LogP contribution in [0.3, 0.4) is 0 Å². The van der Waals surface area contributed by atoms with Crippen molar-refractivity contribution in [3.63, 3.8) is 0 Å². The number of aryl methyl sites for hydroxylation is 1. The molecule has 1 aromatic heterocycles. The van der Waals surface area contributed by atoms with Crippen molar-refractivity contribution >= 4 is 5.97 Å². The molecule has 0 amide bonds. The molecule has 0 spiro atoms. The highest BCUT2D eigenvalue weighted by atomic mass is 16.4. The van der Waals surface area contributed by atoms with Crippen molar-refractivity contribution in [1.82, 2.24) is 4.57 Å². The van der Waals surface area contributed by atoms with E-state index in [1.54, 1.807) is 0 Å². The van der Waals surface area contributed by atoms with Gasteiger partial charge in [-0.15, -0.1) is 0 Å². The van der Waals surface area contributed by atoms with E-state index in [0.717, 1.165) is 25.7 Å². The van der Waals surface area contributed by atoms with E-state index >= 15 is 0 Å². The van der Waals surface area contributed by atoms with Gasteiger partial charge in [-0.25, -0.2) is 4.79 Å². The van der Waals surface area contributed by atoms with Gasteiger partial charge in [0.05, 0.1) is 5.56 Å². The largest absolute Gasteiger partial charge is 0.478 e. The SMILES string of the molecule is CCCCCCn1cc(C(=O)O)ccc1=O. The van der Waals surface area contributed by atoms with E-state index in [-0.39, 0.29) is 11.1 Å². The fourth-order valence-electron chi connectivity index (χ4n) is 1.54. The normalized spacial score (nSPS) is 10.3. The van der Waals surface area contributed by atoms with Crippen molar-refractivity contribution in [2.75, 3.05) is 0 Å². The lowest BCUT2D eigenvalue weighted by Crippen LogP contribution is -2.20. The number of aromatic nitrogens is 1. The van der Waals surface area contributed by atoms with Gasteiger partial charge in [-0.1, -0.05) is 26.2 Å². The van der Waals surface area contributed by atoms with Crippen LogP contribution in [0, 0.1) is 0 Å². The third-order valence-electron chi connectivity index (χ3n) is 2.48. The van der Waals surface area contributed by atoms with Crippen molar-refractivity contribution < 1.29 is 9.90 Å². The number of carboxylic acid groups (broad SMARTS) is 1. The van der Waals surface area contributed by atoms with Crippen molar-refractivity contribution in [1.29, 1.82) is 0 Å². The molecule has 0 unspecified atom stereocenters. The number of unbranched alkanes of at least 4 members (excludes halogenated alkanes) is 3. The molecule has 0 aromatic carbocycles. The van der Waals surface area contributed by atoms with Gasteiger partial charge in [0.15, 0.2) is 0 Å². The van der Waals surface area contributed by atoms with Crippen molar-refractivity contribution in [2.45, 2.75) is 39.2 Å². The molecule has 1 aromatic rings. The summed E-state index contributed by atoms with van der Waals surface area (Å²) in [5.41, 5.74) is 0.0246. The summed E-state index contributed by atoms with van der Waals surface area (Å²) >= 11 is 0. The lowest BCUT2D eigenvalue weighted by Gasteiger charge is -2.05. The highest BCUT2D eigenvalue weighted by Crippen LogP contribution is 2.02. The predicted molar refractivity (Wildman–Crippen MR) is 61.8 cm³/mol. The van der Waals surface area contributed by atoms with E-state index < -0.39 is 5.97 Å². The van der Waals surface area contributed by atoms with Crippen LogP contribution in [0.25, 0.3) is 0 Å². The van der Waals surface area contributed by atoms with E-state index in [2.05, 4.69) is 6.92 Å². The molecule has 0 aliphatic carbocycles. The molecule has 1 rings (SSSR count). The van der Waals surface area contributed by atoms with Crippen molar-refractivity contribution in [2.24, 2.45) is 0 Å². The summed E-state index contributed by atoms with van der Waals surface area (Å²) in [6.45, 7) is 2.72. The Morgan fingerprint density at radius 2 is 2.06 bits per heavy atom. The highest BCUT2D eigenvalue weighted by Gasteiger charge is 2.04. The Hall–Kier alpha value is -1.58. The van der Waals surface area contributed by atoms with E-state index in [1.807, 2.05) is 0 Å². The zero-order valence-corrected chi connectivity index (χ0v) is 9.48. The zero-order valence-electron chi connectivity index (χ0n) is 9.48.